The molecule has 26 heavy (non-hydrogen) atoms. The third-order valence-electron chi connectivity index (χ3n) is 4.28. The Kier molecular flexibility index (Phi) is 14.1. The van der Waals surface area contributed by atoms with Crippen LogP contribution in [0.2, 0.25) is 0 Å². The van der Waals surface area contributed by atoms with E-state index in [1.807, 2.05) is 24.3 Å². The highest BCUT2D eigenvalue weighted by Gasteiger charge is 2.03. The van der Waals surface area contributed by atoms with Crippen LogP contribution in [0.4, 0.5) is 5.69 Å². The van der Waals surface area contributed by atoms with Gasteiger partial charge in [-0.05, 0) is 42.9 Å². The van der Waals surface area contributed by atoms with Crippen molar-refractivity contribution in [3.8, 4) is 5.75 Å². The van der Waals surface area contributed by atoms with Crippen molar-refractivity contribution in [2.24, 2.45) is 0 Å². The Morgan fingerprint density at radius 1 is 0.885 bits per heavy atom. The number of hydrogen-bond acceptors (Lipinski definition) is 3. The second-order valence-corrected chi connectivity index (χ2v) is 7.91. The normalized spacial score (nSPS) is 10.7. The fraction of sp³-hybridized carbons (Fsp3) is 0.682. The van der Waals surface area contributed by atoms with Gasteiger partial charge in [0.05, 0.1) is 12.4 Å². The van der Waals surface area contributed by atoms with Gasteiger partial charge in [0.25, 0.3) is 0 Å². The Morgan fingerprint density at radius 3 is 2.15 bits per heavy atom. The lowest BCUT2D eigenvalue weighted by molar-refractivity contribution is -0.113. The Bertz CT molecular complexity index is 462. The lowest BCUT2D eigenvalue weighted by Crippen LogP contribution is -2.14. The van der Waals surface area contributed by atoms with E-state index in [2.05, 4.69) is 19.2 Å². The molecule has 1 aromatic rings. The fourth-order valence-electron chi connectivity index (χ4n) is 2.67. The standard InChI is InChI=1S/C22H37NO2S/c1-3-5-7-8-9-10-11-12-18-26-19-22(24)23-20-13-15-21(16-14-20)25-17-6-4-2/h13-16H,3-12,17-19H2,1-2H3,(H,23,24). The number of nitrogens with one attached hydrogen (secondary N) is 1. The van der Waals surface area contributed by atoms with Gasteiger partial charge in [0.2, 0.25) is 5.91 Å². The quantitative estimate of drug-likeness (QED) is 0.326. The summed E-state index contributed by atoms with van der Waals surface area (Å²) in [6.45, 7) is 5.15. The van der Waals surface area contributed by atoms with Crippen LogP contribution >= 0.6 is 11.8 Å². The van der Waals surface area contributed by atoms with Crippen LogP contribution in [0, 0.1) is 0 Å². The molecule has 0 saturated carbocycles. The molecule has 0 aliphatic rings. The molecule has 1 N–H and O–H groups in total. The number of carbonyl (C=O) groups is 1. The first-order chi connectivity index (χ1) is 12.8. The largest absolute Gasteiger partial charge is 0.494 e. The maximum atomic E-state index is 12.0. The van der Waals surface area contributed by atoms with Crippen molar-refractivity contribution in [3.63, 3.8) is 0 Å². The number of thioether (sulfide) groups is 1. The van der Waals surface area contributed by atoms with Crippen LogP contribution in [-0.2, 0) is 4.79 Å². The molecule has 0 heterocycles. The average Bonchev–Trinajstić information content (AvgIpc) is 2.65. The first-order valence-electron chi connectivity index (χ1n) is 10.4. The predicted octanol–water partition coefficient (Wildman–Crippen LogP) is 6.68. The van der Waals surface area contributed by atoms with Crippen molar-refractivity contribution < 1.29 is 9.53 Å². The number of hydrogen-bond donors (Lipinski definition) is 1. The van der Waals surface area contributed by atoms with E-state index in [-0.39, 0.29) is 5.91 Å². The van der Waals surface area contributed by atoms with E-state index < -0.39 is 0 Å². The first-order valence-corrected chi connectivity index (χ1v) is 11.5. The van der Waals surface area contributed by atoms with Crippen molar-refractivity contribution >= 4 is 23.4 Å². The molecule has 0 aliphatic carbocycles. The van der Waals surface area contributed by atoms with Crippen molar-refractivity contribution in [2.45, 2.75) is 78.1 Å². The summed E-state index contributed by atoms with van der Waals surface area (Å²) in [7, 11) is 0. The summed E-state index contributed by atoms with van der Waals surface area (Å²) in [6, 6.07) is 7.64. The van der Waals surface area contributed by atoms with E-state index in [1.54, 1.807) is 11.8 Å². The summed E-state index contributed by atoms with van der Waals surface area (Å²) in [5.41, 5.74) is 0.838. The molecular formula is C22H37NO2S. The van der Waals surface area contributed by atoms with Crippen LogP contribution in [0.15, 0.2) is 24.3 Å². The molecule has 0 atom stereocenters. The summed E-state index contributed by atoms with van der Waals surface area (Å²) in [5, 5.41) is 2.95. The van der Waals surface area contributed by atoms with E-state index in [9.17, 15) is 4.79 Å². The Hall–Kier alpha value is -1.16. The van der Waals surface area contributed by atoms with Gasteiger partial charge < -0.3 is 10.1 Å². The molecule has 148 valence electrons. The Labute approximate surface area is 164 Å². The second kappa shape index (κ2) is 16.0. The van der Waals surface area contributed by atoms with Gasteiger partial charge in [-0.3, -0.25) is 4.79 Å². The zero-order chi connectivity index (χ0) is 18.9. The van der Waals surface area contributed by atoms with Crippen molar-refractivity contribution in [3.05, 3.63) is 24.3 Å². The molecule has 0 saturated heterocycles. The van der Waals surface area contributed by atoms with E-state index in [0.29, 0.717) is 5.75 Å². The molecule has 0 radical (unpaired) electrons. The van der Waals surface area contributed by atoms with Gasteiger partial charge in [0, 0.05) is 5.69 Å². The smallest absolute Gasteiger partial charge is 0.234 e. The topological polar surface area (TPSA) is 38.3 Å². The number of amides is 1. The van der Waals surface area contributed by atoms with Gasteiger partial charge in [-0.2, -0.15) is 11.8 Å². The summed E-state index contributed by atoms with van der Waals surface area (Å²) in [4.78, 5) is 12.0. The highest BCUT2D eigenvalue weighted by atomic mass is 32.2. The van der Waals surface area contributed by atoms with Crippen LogP contribution in [0.5, 0.6) is 5.75 Å². The van der Waals surface area contributed by atoms with Gasteiger partial charge in [-0.15, -0.1) is 0 Å². The van der Waals surface area contributed by atoms with Gasteiger partial charge in [0.1, 0.15) is 5.75 Å². The Morgan fingerprint density at radius 2 is 1.50 bits per heavy atom. The fourth-order valence-corrected chi connectivity index (χ4v) is 3.48. The lowest BCUT2D eigenvalue weighted by Gasteiger charge is -2.08. The van der Waals surface area contributed by atoms with Crippen LogP contribution in [0.1, 0.15) is 78.1 Å². The molecule has 0 aliphatic heterocycles. The molecule has 1 aromatic carbocycles. The predicted molar refractivity (Wildman–Crippen MR) is 115 cm³/mol. The van der Waals surface area contributed by atoms with Crippen LogP contribution in [0.25, 0.3) is 0 Å². The molecule has 0 spiro atoms. The third-order valence-corrected chi connectivity index (χ3v) is 5.32. The molecule has 1 rings (SSSR count). The molecule has 3 nitrogen and oxygen atoms in total. The monoisotopic (exact) mass is 379 g/mol. The van der Waals surface area contributed by atoms with Gasteiger partial charge in [0.15, 0.2) is 0 Å². The first kappa shape index (κ1) is 22.9. The summed E-state index contributed by atoms with van der Waals surface area (Å²) < 4.78 is 5.63. The summed E-state index contributed by atoms with van der Waals surface area (Å²) in [6.07, 6.45) is 12.9. The van der Waals surface area contributed by atoms with Crippen molar-refractivity contribution in [2.75, 3.05) is 23.4 Å². The minimum atomic E-state index is 0.0780. The van der Waals surface area contributed by atoms with Gasteiger partial charge in [-0.1, -0.05) is 65.2 Å². The van der Waals surface area contributed by atoms with E-state index in [0.717, 1.165) is 36.6 Å². The minimum Gasteiger partial charge on any atom is -0.494 e. The number of carbonyl (C=O) groups excluding carboxylic acids is 1. The maximum Gasteiger partial charge on any atom is 0.234 e. The van der Waals surface area contributed by atoms with Crippen LogP contribution < -0.4 is 10.1 Å². The number of unbranched alkanes of at least 4 members (excludes halogenated alkanes) is 8. The summed E-state index contributed by atoms with van der Waals surface area (Å²) in [5.74, 6) is 2.55. The SMILES string of the molecule is CCCCCCCCCCSCC(=O)Nc1ccc(OCCCC)cc1. The zero-order valence-corrected chi connectivity index (χ0v) is 17.5. The van der Waals surface area contributed by atoms with Crippen molar-refractivity contribution in [1.82, 2.24) is 0 Å². The van der Waals surface area contributed by atoms with Crippen molar-refractivity contribution in [1.29, 1.82) is 0 Å². The molecule has 0 unspecified atom stereocenters. The Balaban J connectivity index is 2.02. The van der Waals surface area contributed by atoms with Crippen LogP contribution in [-0.4, -0.2) is 24.0 Å². The maximum absolute atomic E-state index is 12.0. The average molecular weight is 380 g/mol. The van der Waals surface area contributed by atoms with E-state index >= 15 is 0 Å². The lowest BCUT2D eigenvalue weighted by atomic mass is 10.1. The number of rotatable bonds is 16. The van der Waals surface area contributed by atoms with E-state index in [1.165, 1.54) is 51.4 Å². The van der Waals surface area contributed by atoms with Gasteiger partial charge >= 0.3 is 0 Å². The zero-order valence-electron chi connectivity index (χ0n) is 16.7. The highest BCUT2D eigenvalue weighted by Crippen LogP contribution is 2.17. The number of ether oxygens (including phenoxy) is 1. The molecule has 0 fully saturated rings. The molecule has 4 heteroatoms. The summed E-state index contributed by atoms with van der Waals surface area (Å²) >= 11 is 1.73. The molecular weight excluding hydrogens is 342 g/mol. The van der Waals surface area contributed by atoms with E-state index in [4.69, 9.17) is 4.74 Å². The van der Waals surface area contributed by atoms with Crippen LogP contribution in [0.3, 0.4) is 0 Å². The minimum absolute atomic E-state index is 0.0780. The molecule has 0 aromatic heterocycles. The molecule has 0 bridgehead atoms. The third kappa shape index (κ3) is 12.2. The molecule has 1 amide bonds. The number of benzene rings is 1. The number of anilines is 1. The second-order valence-electron chi connectivity index (χ2n) is 6.80. The van der Waals surface area contributed by atoms with Gasteiger partial charge in [-0.25, -0.2) is 0 Å². The highest BCUT2D eigenvalue weighted by molar-refractivity contribution is 7.99.